The van der Waals surface area contributed by atoms with Crippen LogP contribution in [0.4, 0.5) is 18.9 Å². The van der Waals surface area contributed by atoms with Crippen molar-refractivity contribution < 1.29 is 30.8 Å². The molecular formula is C13H10F3NO4S. The van der Waals surface area contributed by atoms with Gasteiger partial charge < -0.3 is 4.42 Å². The summed E-state index contributed by atoms with van der Waals surface area (Å²) in [5.41, 5.74) is 0.329. The lowest BCUT2D eigenvalue weighted by Crippen LogP contribution is -2.17. The van der Waals surface area contributed by atoms with Crippen LogP contribution in [0.2, 0.25) is 0 Å². The summed E-state index contributed by atoms with van der Waals surface area (Å²) >= 11 is 0. The number of carbonyl (C=O) groups excluding carboxylic acids is 1. The average Bonchev–Trinajstić information content (AvgIpc) is 2.82. The van der Waals surface area contributed by atoms with Gasteiger partial charge in [0, 0.05) is 17.3 Å². The van der Waals surface area contributed by atoms with E-state index in [0.29, 0.717) is 11.8 Å². The molecular weight excluding hydrogens is 323 g/mol. The molecule has 0 amide bonds. The number of halogens is 3. The summed E-state index contributed by atoms with van der Waals surface area (Å²) in [4.78, 5) is 9.52. The van der Waals surface area contributed by atoms with Gasteiger partial charge in [-0.05, 0) is 31.2 Å². The Hall–Kier alpha value is -2.29. The summed E-state index contributed by atoms with van der Waals surface area (Å²) in [6, 6.07) is 5.99. The molecule has 0 radical (unpaired) electrons. The van der Waals surface area contributed by atoms with Crippen molar-refractivity contribution in [1.29, 1.82) is 0 Å². The first-order valence-electron chi connectivity index (χ1n) is 5.89. The van der Waals surface area contributed by atoms with Crippen LogP contribution < -0.4 is 4.72 Å². The zero-order chi connectivity index (χ0) is 16.5. The van der Waals surface area contributed by atoms with E-state index >= 15 is 0 Å². The van der Waals surface area contributed by atoms with E-state index in [0.717, 1.165) is 6.07 Å². The molecule has 1 heterocycles. The zero-order valence-electron chi connectivity index (χ0n) is 11.1. The Morgan fingerprint density at radius 2 is 1.77 bits per heavy atom. The third-order valence-electron chi connectivity index (χ3n) is 2.67. The van der Waals surface area contributed by atoms with E-state index in [1.54, 1.807) is 0 Å². The van der Waals surface area contributed by atoms with Crippen LogP contribution in [0.15, 0.2) is 39.6 Å². The van der Waals surface area contributed by atoms with Gasteiger partial charge in [0.25, 0.3) is 10.0 Å². The Labute approximate surface area is 123 Å². The Morgan fingerprint density at radius 3 is 2.27 bits per heavy atom. The van der Waals surface area contributed by atoms with Crippen LogP contribution in [0.25, 0.3) is 0 Å². The van der Waals surface area contributed by atoms with E-state index in [4.69, 9.17) is 0 Å². The fourth-order valence-electron chi connectivity index (χ4n) is 1.73. The molecule has 0 fully saturated rings. The van der Waals surface area contributed by atoms with E-state index in [-0.39, 0.29) is 11.4 Å². The van der Waals surface area contributed by atoms with Crippen molar-refractivity contribution in [2.24, 2.45) is 0 Å². The first-order valence-corrected chi connectivity index (χ1v) is 7.37. The SMILES string of the molecule is Cc1cc(S(=O)(=O)Nc2ccc(C=O)cc2)c(C(F)(F)F)o1. The van der Waals surface area contributed by atoms with Crippen LogP contribution in [0.5, 0.6) is 0 Å². The lowest BCUT2D eigenvalue weighted by atomic mass is 10.2. The van der Waals surface area contributed by atoms with E-state index in [2.05, 4.69) is 4.42 Å². The normalized spacial score (nSPS) is 12.2. The maximum atomic E-state index is 12.8. The third-order valence-corrected chi connectivity index (χ3v) is 4.05. The van der Waals surface area contributed by atoms with E-state index in [9.17, 15) is 26.4 Å². The minimum atomic E-state index is -4.93. The number of hydrogen-bond acceptors (Lipinski definition) is 4. The number of nitrogens with one attached hydrogen (secondary N) is 1. The van der Waals surface area contributed by atoms with Gasteiger partial charge in [0.05, 0.1) is 0 Å². The van der Waals surface area contributed by atoms with Crippen molar-refractivity contribution in [3.8, 4) is 0 Å². The average molecular weight is 333 g/mol. The third kappa shape index (κ3) is 3.30. The molecule has 2 aromatic rings. The largest absolute Gasteiger partial charge is 0.455 e. The van der Waals surface area contributed by atoms with Crippen molar-refractivity contribution in [2.45, 2.75) is 18.0 Å². The zero-order valence-corrected chi connectivity index (χ0v) is 12.0. The Bertz CT molecular complexity index is 792. The summed E-state index contributed by atoms with van der Waals surface area (Å²) in [7, 11) is -4.48. The van der Waals surface area contributed by atoms with Crippen LogP contribution in [-0.2, 0) is 16.2 Å². The van der Waals surface area contributed by atoms with Gasteiger partial charge in [0.15, 0.2) is 0 Å². The van der Waals surface area contributed by atoms with Crippen molar-refractivity contribution in [1.82, 2.24) is 0 Å². The number of hydrogen-bond donors (Lipinski definition) is 1. The summed E-state index contributed by atoms with van der Waals surface area (Å²) in [5.74, 6) is -1.76. The molecule has 2 rings (SSSR count). The summed E-state index contributed by atoms with van der Waals surface area (Å²) in [6.07, 6.45) is -4.38. The van der Waals surface area contributed by atoms with Gasteiger partial charge in [0.1, 0.15) is 16.9 Å². The number of aldehydes is 1. The minimum Gasteiger partial charge on any atom is -0.455 e. The monoisotopic (exact) mass is 333 g/mol. The standard InChI is InChI=1S/C13H10F3NO4S/c1-8-6-11(12(21-8)13(14,15)16)22(19,20)17-10-4-2-9(7-18)3-5-10/h2-7,17H,1H3. The van der Waals surface area contributed by atoms with Crippen molar-refractivity contribution >= 4 is 22.0 Å². The maximum absolute atomic E-state index is 12.8. The Kier molecular flexibility index (Phi) is 4.01. The first-order chi connectivity index (χ1) is 10.1. The fraction of sp³-hybridized carbons (Fsp3) is 0.154. The van der Waals surface area contributed by atoms with E-state index in [1.807, 2.05) is 4.72 Å². The number of alkyl halides is 3. The molecule has 9 heteroatoms. The fourth-order valence-corrected chi connectivity index (χ4v) is 3.01. The maximum Gasteiger partial charge on any atom is 0.450 e. The summed E-state index contributed by atoms with van der Waals surface area (Å²) in [5, 5.41) is 0. The molecule has 0 unspecified atom stereocenters. The molecule has 1 aromatic heterocycles. The highest BCUT2D eigenvalue weighted by atomic mass is 32.2. The number of rotatable bonds is 4. The van der Waals surface area contributed by atoms with E-state index < -0.39 is 26.9 Å². The van der Waals surface area contributed by atoms with Gasteiger partial charge >= 0.3 is 6.18 Å². The molecule has 118 valence electrons. The molecule has 0 aliphatic carbocycles. The highest BCUT2D eigenvalue weighted by molar-refractivity contribution is 7.92. The molecule has 0 saturated heterocycles. The molecule has 0 bridgehead atoms. The van der Waals surface area contributed by atoms with Crippen molar-refractivity contribution in [3.05, 3.63) is 47.4 Å². The molecule has 1 N–H and O–H groups in total. The number of carbonyl (C=O) groups is 1. The van der Waals surface area contributed by atoms with Gasteiger partial charge in [-0.3, -0.25) is 9.52 Å². The number of aryl methyl sites for hydroxylation is 1. The smallest absolute Gasteiger partial charge is 0.450 e. The molecule has 0 saturated carbocycles. The number of anilines is 1. The van der Waals surface area contributed by atoms with Gasteiger partial charge in [-0.2, -0.15) is 13.2 Å². The highest BCUT2D eigenvalue weighted by Crippen LogP contribution is 2.36. The quantitative estimate of drug-likeness (QED) is 0.872. The lowest BCUT2D eigenvalue weighted by Gasteiger charge is -2.09. The van der Waals surface area contributed by atoms with Crippen molar-refractivity contribution in [3.63, 3.8) is 0 Å². The highest BCUT2D eigenvalue weighted by Gasteiger charge is 2.42. The Balaban J connectivity index is 2.40. The first kappa shape index (κ1) is 16.1. The molecule has 22 heavy (non-hydrogen) atoms. The summed E-state index contributed by atoms with van der Waals surface area (Å²) < 4.78 is 69.1. The molecule has 5 nitrogen and oxygen atoms in total. The van der Waals surface area contributed by atoms with Gasteiger partial charge in [0.2, 0.25) is 5.76 Å². The minimum absolute atomic E-state index is 0.0255. The second-order valence-corrected chi connectivity index (χ2v) is 6.04. The second kappa shape index (κ2) is 5.48. The molecule has 0 atom stereocenters. The van der Waals surface area contributed by atoms with Crippen LogP contribution in [0.3, 0.4) is 0 Å². The summed E-state index contributed by atoms with van der Waals surface area (Å²) in [6.45, 7) is 1.22. The van der Waals surface area contributed by atoms with Gasteiger partial charge in [-0.15, -0.1) is 0 Å². The molecule has 0 aliphatic heterocycles. The van der Waals surface area contributed by atoms with E-state index in [1.165, 1.54) is 31.2 Å². The predicted octanol–water partition coefficient (Wildman–Crippen LogP) is 3.22. The molecule has 0 aliphatic rings. The molecule has 1 aromatic carbocycles. The van der Waals surface area contributed by atoms with Gasteiger partial charge in [-0.1, -0.05) is 0 Å². The second-order valence-electron chi connectivity index (χ2n) is 4.39. The van der Waals surface area contributed by atoms with Crippen molar-refractivity contribution in [2.75, 3.05) is 4.72 Å². The topological polar surface area (TPSA) is 76.4 Å². The van der Waals surface area contributed by atoms with Crippen LogP contribution in [-0.4, -0.2) is 14.7 Å². The predicted molar refractivity (Wildman–Crippen MR) is 71.1 cm³/mol. The number of furan rings is 1. The Morgan fingerprint density at radius 1 is 1.18 bits per heavy atom. The number of sulfonamides is 1. The number of benzene rings is 1. The van der Waals surface area contributed by atoms with Crippen LogP contribution in [0.1, 0.15) is 21.9 Å². The van der Waals surface area contributed by atoms with Crippen LogP contribution >= 0.6 is 0 Å². The van der Waals surface area contributed by atoms with Crippen LogP contribution in [0, 0.1) is 6.92 Å². The molecule has 0 spiro atoms. The van der Waals surface area contributed by atoms with Gasteiger partial charge in [-0.25, -0.2) is 8.42 Å². The lowest BCUT2D eigenvalue weighted by molar-refractivity contribution is -0.155.